The Morgan fingerprint density at radius 2 is 1.95 bits per heavy atom. The molecule has 2 N–H and O–H groups in total. The number of nitrogens with one attached hydrogen (secondary N) is 1. The molecule has 118 valence electrons. The van der Waals surface area contributed by atoms with Crippen LogP contribution in [0.4, 0.5) is 0 Å². The lowest BCUT2D eigenvalue weighted by molar-refractivity contribution is -0.141. The average molecular weight is 293 g/mol. The third-order valence-corrected chi connectivity index (χ3v) is 3.80. The van der Waals surface area contributed by atoms with Gasteiger partial charge in [-0.25, -0.2) is 0 Å². The van der Waals surface area contributed by atoms with Crippen LogP contribution in [-0.4, -0.2) is 30.3 Å². The van der Waals surface area contributed by atoms with Crippen LogP contribution in [0.5, 0.6) is 0 Å². The molecule has 0 aliphatic rings. The summed E-state index contributed by atoms with van der Waals surface area (Å²) in [6.07, 6.45) is 1.18. The summed E-state index contributed by atoms with van der Waals surface area (Å²) < 4.78 is 4.68. The molecule has 1 rings (SSSR count). The van der Waals surface area contributed by atoms with E-state index in [4.69, 9.17) is 0 Å². The Balaban J connectivity index is 2.77. The molecule has 21 heavy (non-hydrogen) atoms. The Hall–Kier alpha value is -1.39. The van der Waals surface area contributed by atoms with Crippen molar-refractivity contribution in [2.45, 2.75) is 58.2 Å². The van der Waals surface area contributed by atoms with Crippen LogP contribution >= 0.6 is 0 Å². The van der Waals surface area contributed by atoms with Crippen molar-refractivity contribution in [1.82, 2.24) is 5.32 Å². The van der Waals surface area contributed by atoms with Crippen molar-refractivity contribution in [3.63, 3.8) is 0 Å². The van der Waals surface area contributed by atoms with Gasteiger partial charge in [-0.2, -0.15) is 0 Å². The standard InChI is InChI=1S/C17H27NO3/c1-5-13(3)18-15(10-11-16(19)21-4)17(20)14-8-6-12(2)7-9-14/h6-9,13,15,17-18,20H,5,10-11H2,1-4H3. The Morgan fingerprint density at radius 3 is 2.48 bits per heavy atom. The maximum Gasteiger partial charge on any atom is 0.305 e. The van der Waals surface area contributed by atoms with Crippen LogP contribution in [0, 0.1) is 6.92 Å². The van der Waals surface area contributed by atoms with Gasteiger partial charge >= 0.3 is 5.97 Å². The fourth-order valence-corrected chi connectivity index (χ4v) is 2.19. The fourth-order valence-electron chi connectivity index (χ4n) is 2.19. The van der Waals surface area contributed by atoms with Gasteiger partial charge in [0.15, 0.2) is 0 Å². The number of esters is 1. The summed E-state index contributed by atoms with van der Waals surface area (Å²) in [5.74, 6) is -0.248. The highest BCUT2D eigenvalue weighted by Crippen LogP contribution is 2.21. The number of methoxy groups -OCH3 is 1. The summed E-state index contributed by atoms with van der Waals surface area (Å²) in [5, 5.41) is 14.0. The molecular weight excluding hydrogens is 266 g/mol. The second-order valence-corrected chi connectivity index (χ2v) is 5.55. The molecule has 0 heterocycles. The van der Waals surface area contributed by atoms with Gasteiger partial charge in [0.1, 0.15) is 0 Å². The maximum atomic E-state index is 11.3. The van der Waals surface area contributed by atoms with E-state index in [-0.39, 0.29) is 18.1 Å². The van der Waals surface area contributed by atoms with E-state index in [1.807, 2.05) is 31.2 Å². The van der Waals surface area contributed by atoms with Gasteiger partial charge in [-0.1, -0.05) is 36.8 Å². The molecule has 0 saturated carbocycles. The molecule has 4 nitrogen and oxygen atoms in total. The van der Waals surface area contributed by atoms with Crippen LogP contribution < -0.4 is 5.32 Å². The zero-order valence-corrected chi connectivity index (χ0v) is 13.4. The monoisotopic (exact) mass is 293 g/mol. The summed E-state index contributed by atoms with van der Waals surface area (Å²) in [4.78, 5) is 11.3. The molecule has 0 aromatic heterocycles. The number of aliphatic hydroxyl groups is 1. The van der Waals surface area contributed by atoms with E-state index in [2.05, 4.69) is 23.9 Å². The molecule has 0 bridgehead atoms. The molecule has 0 aliphatic carbocycles. The largest absolute Gasteiger partial charge is 0.469 e. The van der Waals surface area contributed by atoms with Crippen molar-refractivity contribution in [1.29, 1.82) is 0 Å². The number of hydrogen-bond donors (Lipinski definition) is 2. The van der Waals surface area contributed by atoms with Gasteiger partial charge in [0.2, 0.25) is 0 Å². The van der Waals surface area contributed by atoms with E-state index in [1.54, 1.807) is 0 Å². The summed E-state index contributed by atoms with van der Waals surface area (Å²) >= 11 is 0. The minimum absolute atomic E-state index is 0.165. The number of carbonyl (C=O) groups is 1. The summed E-state index contributed by atoms with van der Waals surface area (Å²) in [6.45, 7) is 6.18. The number of hydrogen-bond acceptors (Lipinski definition) is 4. The minimum Gasteiger partial charge on any atom is -0.469 e. The molecule has 0 fully saturated rings. The fraction of sp³-hybridized carbons (Fsp3) is 0.588. The van der Waals surface area contributed by atoms with Crippen LogP contribution in [0.2, 0.25) is 0 Å². The molecule has 0 amide bonds. The highest BCUT2D eigenvalue weighted by atomic mass is 16.5. The molecule has 0 radical (unpaired) electrons. The van der Waals surface area contributed by atoms with E-state index in [0.717, 1.165) is 17.5 Å². The SMILES string of the molecule is CCC(C)NC(CCC(=O)OC)C(O)c1ccc(C)cc1. The van der Waals surface area contributed by atoms with Crippen molar-refractivity contribution in [3.8, 4) is 0 Å². The second-order valence-electron chi connectivity index (χ2n) is 5.55. The van der Waals surface area contributed by atoms with Gasteiger partial charge in [-0.15, -0.1) is 0 Å². The van der Waals surface area contributed by atoms with Crippen molar-refractivity contribution < 1.29 is 14.6 Å². The number of carbonyl (C=O) groups excluding carboxylic acids is 1. The molecule has 3 unspecified atom stereocenters. The molecule has 1 aromatic carbocycles. The first-order valence-electron chi connectivity index (χ1n) is 7.55. The van der Waals surface area contributed by atoms with E-state index in [0.29, 0.717) is 12.8 Å². The Kier molecular flexibility index (Phi) is 7.40. The Labute approximate surface area is 127 Å². The van der Waals surface area contributed by atoms with Crippen molar-refractivity contribution in [3.05, 3.63) is 35.4 Å². The van der Waals surface area contributed by atoms with E-state index >= 15 is 0 Å². The summed E-state index contributed by atoms with van der Waals surface area (Å²) in [6, 6.07) is 7.96. The first-order chi connectivity index (χ1) is 9.97. The average Bonchev–Trinajstić information content (AvgIpc) is 2.50. The van der Waals surface area contributed by atoms with Crippen molar-refractivity contribution in [2.24, 2.45) is 0 Å². The highest BCUT2D eigenvalue weighted by Gasteiger charge is 2.23. The topological polar surface area (TPSA) is 58.6 Å². The van der Waals surface area contributed by atoms with Gasteiger partial charge in [0.25, 0.3) is 0 Å². The first-order valence-corrected chi connectivity index (χ1v) is 7.55. The molecule has 1 aromatic rings. The number of aliphatic hydroxyl groups excluding tert-OH is 1. The van der Waals surface area contributed by atoms with Gasteiger partial charge in [-0.3, -0.25) is 4.79 Å². The first kappa shape index (κ1) is 17.7. The smallest absolute Gasteiger partial charge is 0.305 e. The maximum absolute atomic E-state index is 11.3. The van der Waals surface area contributed by atoms with Crippen LogP contribution in [0.15, 0.2) is 24.3 Å². The number of benzene rings is 1. The Bertz CT molecular complexity index is 430. The minimum atomic E-state index is -0.635. The summed E-state index contributed by atoms with van der Waals surface area (Å²) in [7, 11) is 1.38. The van der Waals surface area contributed by atoms with Crippen LogP contribution in [0.25, 0.3) is 0 Å². The number of rotatable bonds is 8. The molecular formula is C17H27NO3. The second kappa shape index (κ2) is 8.80. The van der Waals surface area contributed by atoms with Crippen molar-refractivity contribution in [2.75, 3.05) is 7.11 Å². The molecule has 4 heteroatoms. The Morgan fingerprint density at radius 1 is 1.33 bits per heavy atom. The van der Waals surface area contributed by atoms with Gasteiger partial charge in [0, 0.05) is 18.5 Å². The van der Waals surface area contributed by atoms with Gasteiger partial charge in [-0.05, 0) is 32.3 Å². The molecule has 0 saturated heterocycles. The third kappa shape index (κ3) is 5.86. The molecule has 0 spiro atoms. The predicted octanol–water partition coefficient (Wildman–Crippen LogP) is 2.74. The molecule has 0 aliphatic heterocycles. The zero-order chi connectivity index (χ0) is 15.8. The van der Waals surface area contributed by atoms with Crippen LogP contribution in [-0.2, 0) is 9.53 Å². The lowest BCUT2D eigenvalue weighted by Crippen LogP contribution is -2.40. The zero-order valence-electron chi connectivity index (χ0n) is 13.4. The lowest BCUT2D eigenvalue weighted by atomic mass is 9.96. The third-order valence-electron chi connectivity index (χ3n) is 3.80. The van der Waals surface area contributed by atoms with Gasteiger partial charge in [0.05, 0.1) is 13.2 Å². The lowest BCUT2D eigenvalue weighted by Gasteiger charge is -2.27. The van der Waals surface area contributed by atoms with Crippen LogP contribution in [0.3, 0.4) is 0 Å². The number of aryl methyl sites for hydroxylation is 1. The molecule has 3 atom stereocenters. The van der Waals surface area contributed by atoms with E-state index in [9.17, 15) is 9.90 Å². The number of ether oxygens (including phenoxy) is 1. The van der Waals surface area contributed by atoms with Crippen molar-refractivity contribution >= 4 is 5.97 Å². The highest BCUT2D eigenvalue weighted by molar-refractivity contribution is 5.69. The normalized spacial score (nSPS) is 15.3. The summed E-state index contributed by atoms with van der Waals surface area (Å²) in [5.41, 5.74) is 2.03. The van der Waals surface area contributed by atoms with E-state index in [1.165, 1.54) is 7.11 Å². The quantitative estimate of drug-likeness (QED) is 0.724. The van der Waals surface area contributed by atoms with Crippen LogP contribution in [0.1, 0.15) is 50.3 Å². The van der Waals surface area contributed by atoms with Gasteiger partial charge < -0.3 is 15.2 Å². The van der Waals surface area contributed by atoms with E-state index < -0.39 is 6.10 Å². The predicted molar refractivity (Wildman–Crippen MR) is 84.1 cm³/mol.